The number of thiophene rings is 1. The Labute approximate surface area is 195 Å². The van der Waals surface area contributed by atoms with E-state index in [1.807, 2.05) is 15.8 Å². The number of carbonyl (C=O) groups excluding carboxylic acids is 1. The van der Waals surface area contributed by atoms with Gasteiger partial charge >= 0.3 is 0 Å². The van der Waals surface area contributed by atoms with Gasteiger partial charge in [0, 0.05) is 18.4 Å². The third-order valence-electron chi connectivity index (χ3n) is 5.58. The lowest BCUT2D eigenvalue weighted by Crippen LogP contribution is -2.28. The van der Waals surface area contributed by atoms with E-state index >= 15 is 0 Å². The van der Waals surface area contributed by atoms with E-state index in [0.717, 1.165) is 18.4 Å². The zero-order valence-electron chi connectivity index (χ0n) is 17.4. The molecule has 0 spiro atoms. The zero-order valence-corrected chi connectivity index (χ0v) is 19.0. The molecule has 0 unspecified atom stereocenters. The molecule has 2 aliphatic rings. The van der Waals surface area contributed by atoms with Crippen LogP contribution in [0.3, 0.4) is 0 Å². The molecule has 170 valence electrons. The molecule has 1 saturated heterocycles. The molecule has 0 bridgehead atoms. The largest absolute Gasteiger partial charge is 0.454 e. The maximum Gasteiger partial charge on any atom is 0.272 e. The van der Waals surface area contributed by atoms with Crippen LogP contribution in [-0.2, 0) is 16.1 Å². The lowest BCUT2D eigenvalue weighted by Gasteiger charge is -2.13. The molecule has 1 fully saturated rings. The van der Waals surface area contributed by atoms with E-state index in [0.29, 0.717) is 46.0 Å². The number of nitrogens with one attached hydrogen (secondary N) is 1. The molecule has 4 aromatic rings. The van der Waals surface area contributed by atoms with Crippen molar-refractivity contribution in [3.63, 3.8) is 0 Å². The predicted molar refractivity (Wildman–Crippen MR) is 124 cm³/mol. The van der Waals surface area contributed by atoms with E-state index in [1.165, 1.54) is 23.1 Å². The van der Waals surface area contributed by atoms with Crippen molar-refractivity contribution in [2.75, 3.05) is 24.5 Å². The summed E-state index contributed by atoms with van der Waals surface area (Å²) < 4.78 is 20.5. The molecule has 12 heteroatoms. The van der Waals surface area contributed by atoms with Crippen molar-refractivity contribution >= 4 is 50.7 Å². The molecule has 5 heterocycles. The molecule has 10 nitrogen and oxygen atoms in total. The van der Waals surface area contributed by atoms with Gasteiger partial charge < -0.3 is 19.5 Å². The Bertz CT molecular complexity index is 1420. The summed E-state index contributed by atoms with van der Waals surface area (Å²) >= 11 is 2.65. The minimum Gasteiger partial charge on any atom is -0.454 e. The molecule has 1 amide bonds. The summed E-state index contributed by atoms with van der Waals surface area (Å²) in [6.07, 6.45) is 1.89. The molecule has 1 N–H and O–H groups in total. The smallest absolute Gasteiger partial charge is 0.272 e. The monoisotopic (exact) mass is 485 g/mol. The summed E-state index contributed by atoms with van der Waals surface area (Å²) in [6.45, 7) is 1.32. The first kappa shape index (κ1) is 20.5. The molecule has 1 atom stereocenters. The second-order valence-corrected chi connectivity index (χ2v) is 9.57. The fraction of sp³-hybridized carbons (Fsp3) is 0.333. The van der Waals surface area contributed by atoms with Gasteiger partial charge in [-0.3, -0.25) is 18.6 Å². The average Bonchev–Trinajstić information content (AvgIpc) is 3.60. The van der Waals surface area contributed by atoms with Crippen LogP contribution in [0, 0.1) is 0 Å². The van der Waals surface area contributed by atoms with Gasteiger partial charge in [0.1, 0.15) is 4.70 Å². The molecular formula is C21H19N5O5S2. The maximum atomic E-state index is 13.1. The highest BCUT2D eigenvalue weighted by molar-refractivity contribution is 7.99. The predicted octanol–water partition coefficient (Wildman–Crippen LogP) is 2.74. The SMILES string of the molecule is O=C(CSc1nnc2n(C[C@@H]3CCCO3)c(=O)c3sccc3n12)Nc1ccc2c(c1)OCO2. The van der Waals surface area contributed by atoms with Crippen molar-refractivity contribution in [3.8, 4) is 11.5 Å². The van der Waals surface area contributed by atoms with Gasteiger partial charge in [-0.15, -0.1) is 21.5 Å². The first-order valence-corrected chi connectivity index (χ1v) is 12.3. The van der Waals surface area contributed by atoms with Gasteiger partial charge in [0.25, 0.3) is 5.56 Å². The van der Waals surface area contributed by atoms with Crippen LogP contribution in [0.5, 0.6) is 11.5 Å². The van der Waals surface area contributed by atoms with E-state index in [-0.39, 0.29) is 30.1 Å². The molecule has 0 saturated carbocycles. The number of ether oxygens (including phenoxy) is 3. The van der Waals surface area contributed by atoms with Crippen molar-refractivity contribution in [2.24, 2.45) is 0 Å². The number of anilines is 1. The minimum atomic E-state index is -0.190. The quantitative estimate of drug-likeness (QED) is 0.415. The molecule has 3 aromatic heterocycles. The molecule has 33 heavy (non-hydrogen) atoms. The average molecular weight is 486 g/mol. The fourth-order valence-electron chi connectivity index (χ4n) is 4.05. The molecule has 1 aromatic carbocycles. The number of benzene rings is 1. The van der Waals surface area contributed by atoms with Gasteiger partial charge in [-0.1, -0.05) is 11.8 Å². The van der Waals surface area contributed by atoms with Gasteiger partial charge in [-0.25, -0.2) is 0 Å². The Morgan fingerprint density at radius 3 is 3.03 bits per heavy atom. The van der Waals surface area contributed by atoms with Crippen LogP contribution in [0.15, 0.2) is 39.6 Å². The number of rotatable bonds is 6. The number of carbonyl (C=O) groups is 1. The van der Waals surface area contributed by atoms with Crippen LogP contribution in [0.25, 0.3) is 16.0 Å². The van der Waals surface area contributed by atoms with E-state index in [9.17, 15) is 9.59 Å². The number of nitrogens with zero attached hydrogens (tertiary/aromatic N) is 4. The number of hydrogen-bond donors (Lipinski definition) is 1. The second-order valence-electron chi connectivity index (χ2n) is 7.71. The standard InChI is InChI=1S/C21H19N5O5S2/c27-17(22-12-3-4-15-16(8-12)31-11-30-15)10-33-21-24-23-20-25(9-13-2-1-6-29-13)19(28)18-14(26(20)21)5-7-32-18/h3-5,7-8,13H,1-2,6,9-11H2,(H,22,27)/t13-/m0/s1. The van der Waals surface area contributed by atoms with Gasteiger partial charge in [-0.2, -0.15) is 0 Å². The summed E-state index contributed by atoms with van der Waals surface area (Å²) in [5.41, 5.74) is 1.28. The van der Waals surface area contributed by atoms with Crippen molar-refractivity contribution in [1.29, 1.82) is 0 Å². The Balaban J connectivity index is 1.26. The summed E-state index contributed by atoms with van der Waals surface area (Å²) in [5, 5.41) is 13.9. The molecule has 6 rings (SSSR count). The highest BCUT2D eigenvalue weighted by atomic mass is 32.2. The summed E-state index contributed by atoms with van der Waals surface area (Å²) in [7, 11) is 0. The van der Waals surface area contributed by atoms with Crippen LogP contribution >= 0.6 is 23.1 Å². The maximum absolute atomic E-state index is 13.1. The number of amides is 1. The Morgan fingerprint density at radius 1 is 1.24 bits per heavy atom. The van der Waals surface area contributed by atoms with Crippen LogP contribution in [-0.4, -0.2) is 50.3 Å². The highest BCUT2D eigenvalue weighted by Gasteiger charge is 2.23. The lowest BCUT2D eigenvalue weighted by molar-refractivity contribution is -0.113. The van der Waals surface area contributed by atoms with Crippen molar-refractivity contribution in [2.45, 2.75) is 30.6 Å². The first-order chi connectivity index (χ1) is 16.2. The number of thioether (sulfide) groups is 1. The Morgan fingerprint density at radius 2 is 2.15 bits per heavy atom. The van der Waals surface area contributed by atoms with E-state index < -0.39 is 0 Å². The topological polar surface area (TPSA) is 109 Å². The summed E-state index contributed by atoms with van der Waals surface area (Å²) in [4.78, 5) is 25.7. The molecule has 0 aliphatic carbocycles. The number of fused-ring (bicyclic) bond motifs is 4. The second kappa shape index (κ2) is 8.36. The Hall–Kier alpha value is -3.09. The van der Waals surface area contributed by atoms with Crippen LogP contribution in [0.1, 0.15) is 12.8 Å². The van der Waals surface area contributed by atoms with Crippen molar-refractivity contribution in [3.05, 3.63) is 40.0 Å². The van der Waals surface area contributed by atoms with Gasteiger partial charge in [-0.05, 0) is 36.4 Å². The highest BCUT2D eigenvalue weighted by Crippen LogP contribution is 2.34. The number of aromatic nitrogens is 4. The van der Waals surface area contributed by atoms with Gasteiger partial charge in [0.2, 0.25) is 18.5 Å². The molecular weight excluding hydrogens is 466 g/mol. The van der Waals surface area contributed by atoms with Crippen molar-refractivity contribution < 1.29 is 19.0 Å². The van der Waals surface area contributed by atoms with E-state index in [2.05, 4.69) is 15.5 Å². The van der Waals surface area contributed by atoms with Crippen molar-refractivity contribution in [1.82, 2.24) is 19.2 Å². The van der Waals surface area contributed by atoms with Gasteiger partial charge in [0.15, 0.2) is 16.7 Å². The third-order valence-corrected chi connectivity index (χ3v) is 7.40. The van der Waals surface area contributed by atoms with Crippen LogP contribution in [0.2, 0.25) is 0 Å². The Kier molecular flexibility index (Phi) is 5.19. The molecule has 0 radical (unpaired) electrons. The lowest BCUT2D eigenvalue weighted by atomic mass is 10.2. The van der Waals surface area contributed by atoms with Gasteiger partial charge in [0.05, 0.1) is 23.9 Å². The van der Waals surface area contributed by atoms with Crippen LogP contribution in [0.4, 0.5) is 5.69 Å². The first-order valence-electron chi connectivity index (χ1n) is 10.5. The molecule has 2 aliphatic heterocycles. The van der Waals surface area contributed by atoms with Crippen LogP contribution < -0.4 is 20.3 Å². The number of hydrogen-bond acceptors (Lipinski definition) is 9. The zero-order chi connectivity index (χ0) is 22.4. The summed E-state index contributed by atoms with van der Waals surface area (Å²) in [6, 6.07) is 7.14. The van der Waals surface area contributed by atoms with E-state index in [1.54, 1.807) is 22.8 Å². The normalized spacial score (nSPS) is 17.3. The fourth-order valence-corrected chi connectivity index (χ4v) is 5.62. The summed E-state index contributed by atoms with van der Waals surface area (Å²) in [5.74, 6) is 1.66. The third kappa shape index (κ3) is 3.73. The van der Waals surface area contributed by atoms with E-state index in [4.69, 9.17) is 14.2 Å². The minimum absolute atomic E-state index is 0.0100.